The highest BCUT2D eigenvalue weighted by Gasteiger charge is 2.61. The number of urea groups is 1. The van der Waals surface area contributed by atoms with E-state index in [1.807, 2.05) is 36.4 Å². The van der Waals surface area contributed by atoms with Gasteiger partial charge in [0.15, 0.2) is 0 Å². The van der Waals surface area contributed by atoms with Gasteiger partial charge in [0.1, 0.15) is 23.2 Å². The first-order valence-electron chi connectivity index (χ1n) is 16.1. The number of carboxylic acid groups (broad SMARTS) is 1. The Labute approximate surface area is 263 Å². The molecule has 5 rings (SSSR count). The fourth-order valence-electron chi connectivity index (χ4n) is 6.65. The van der Waals surface area contributed by atoms with E-state index >= 15 is 0 Å². The SMILES string of the molecule is CC(C)(C)OC(=O)N[C@H]1CCCCCC=C[C@@H]2C[C@@]2(C(=O)O)NC(=O)[C@@H]2C[C@@H](NC(=O)N3CCCc4ccccc43)CN2C1=O. The zero-order chi connectivity index (χ0) is 32.4. The number of aryl methyl sites for hydroxylation is 1. The summed E-state index contributed by atoms with van der Waals surface area (Å²) in [5, 5.41) is 18.6. The van der Waals surface area contributed by atoms with Crippen molar-refractivity contribution >= 4 is 35.6 Å². The third-order valence-electron chi connectivity index (χ3n) is 9.03. The van der Waals surface area contributed by atoms with Gasteiger partial charge in [-0.1, -0.05) is 43.2 Å². The van der Waals surface area contributed by atoms with Crippen LogP contribution in [-0.4, -0.2) is 82.3 Å². The standard InChI is InChI=1S/C33H45N5O7/c1-32(2,3)45-31(44)35-24-15-8-6-4-5-7-14-22-19-33(22,29(41)42)36-27(39)26-18-23(20-38(26)28(24)40)34-30(43)37-17-11-13-21-12-9-10-16-25(21)37/h7,9-10,12,14,16,22-24,26H,4-6,8,11,13,15,17-20H2,1-3H3,(H,34,43)(H,35,44)(H,36,39)(H,41,42)/t22-,23-,24+,26+,33-/m1/s1. The highest BCUT2D eigenvalue weighted by atomic mass is 16.6. The molecule has 4 N–H and O–H groups in total. The molecule has 0 radical (unpaired) electrons. The Bertz CT molecular complexity index is 1360. The van der Waals surface area contributed by atoms with Crippen LogP contribution in [0.5, 0.6) is 0 Å². The second kappa shape index (κ2) is 13.1. The van der Waals surface area contributed by atoms with Crippen LogP contribution in [0.3, 0.4) is 0 Å². The molecule has 12 nitrogen and oxygen atoms in total. The quantitative estimate of drug-likeness (QED) is 0.376. The average molecular weight is 624 g/mol. The monoisotopic (exact) mass is 623 g/mol. The number of ether oxygens (including phenoxy) is 1. The van der Waals surface area contributed by atoms with Crippen LogP contribution >= 0.6 is 0 Å². The number of carbonyl (C=O) groups excluding carboxylic acids is 4. The van der Waals surface area contributed by atoms with Crippen LogP contribution in [0.25, 0.3) is 0 Å². The lowest BCUT2D eigenvalue weighted by Gasteiger charge is -2.31. The number of allylic oxidation sites excluding steroid dienone is 1. The van der Waals surface area contributed by atoms with Gasteiger partial charge in [0.25, 0.3) is 0 Å². The number of benzene rings is 1. The highest BCUT2D eigenvalue weighted by Crippen LogP contribution is 2.45. The molecule has 1 saturated heterocycles. The lowest BCUT2D eigenvalue weighted by Crippen LogP contribution is -2.56. The summed E-state index contributed by atoms with van der Waals surface area (Å²) in [6, 6.07) is 4.86. The van der Waals surface area contributed by atoms with Crippen LogP contribution in [0.4, 0.5) is 15.3 Å². The lowest BCUT2D eigenvalue weighted by molar-refractivity contribution is -0.145. The van der Waals surface area contributed by atoms with Crippen LogP contribution in [0.15, 0.2) is 36.4 Å². The van der Waals surface area contributed by atoms with Crippen molar-refractivity contribution < 1.29 is 33.8 Å². The van der Waals surface area contributed by atoms with Crippen LogP contribution in [-0.2, 0) is 25.5 Å². The fraction of sp³-hybridized carbons (Fsp3) is 0.606. The van der Waals surface area contributed by atoms with Crippen LogP contribution in [0, 0.1) is 5.92 Å². The maximum absolute atomic E-state index is 14.1. The van der Waals surface area contributed by atoms with Gasteiger partial charge in [-0.25, -0.2) is 14.4 Å². The number of alkyl carbamates (subject to hydrolysis) is 1. The van der Waals surface area contributed by atoms with E-state index in [-0.39, 0.29) is 31.3 Å². The van der Waals surface area contributed by atoms with E-state index in [0.29, 0.717) is 19.4 Å². The molecule has 0 bridgehead atoms. The number of anilines is 1. The first-order valence-corrected chi connectivity index (χ1v) is 16.1. The fourth-order valence-corrected chi connectivity index (χ4v) is 6.65. The number of hydrogen-bond acceptors (Lipinski definition) is 6. The van der Waals surface area contributed by atoms with Crippen molar-refractivity contribution in [3.8, 4) is 0 Å². The summed E-state index contributed by atoms with van der Waals surface area (Å²) in [7, 11) is 0. The number of para-hydroxylation sites is 1. The Morgan fingerprint density at radius 3 is 2.60 bits per heavy atom. The summed E-state index contributed by atoms with van der Waals surface area (Å²) >= 11 is 0. The van der Waals surface area contributed by atoms with E-state index < -0.39 is 53.1 Å². The van der Waals surface area contributed by atoms with Crippen LogP contribution in [0.1, 0.15) is 77.7 Å². The van der Waals surface area contributed by atoms with Crippen LogP contribution in [0.2, 0.25) is 0 Å². The number of rotatable bonds is 3. The Morgan fingerprint density at radius 1 is 1.07 bits per heavy atom. The second-order valence-electron chi connectivity index (χ2n) is 13.6. The molecule has 244 valence electrons. The molecule has 12 heteroatoms. The van der Waals surface area contributed by atoms with Gasteiger partial charge >= 0.3 is 18.1 Å². The lowest BCUT2D eigenvalue weighted by atomic mass is 10.0. The van der Waals surface area contributed by atoms with E-state index in [1.54, 1.807) is 25.7 Å². The molecule has 5 amide bonds. The average Bonchev–Trinajstić information content (AvgIpc) is 3.51. The van der Waals surface area contributed by atoms with E-state index in [0.717, 1.165) is 43.4 Å². The van der Waals surface area contributed by atoms with E-state index in [1.165, 1.54) is 4.90 Å². The Hall–Kier alpha value is -4.09. The Morgan fingerprint density at radius 2 is 1.84 bits per heavy atom. The number of hydrogen-bond donors (Lipinski definition) is 4. The normalized spacial score (nSPS) is 28.8. The topological polar surface area (TPSA) is 157 Å². The molecule has 1 aliphatic carbocycles. The zero-order valence-electron chi connectivity index (χ0n) is 26.3. The number of nitrogens with one attached hydrogen (secondary N) is 3. The molecule has 0 spiro atoms. The summed E-state index contributed by atoms with van der Waals surface area (Å²) in [5.74, 6) is -2.52. The van der Waals surface area contributed by atoms with Gasteiger partial charge in [0, 0.05) is 24.7 Å². The van der Waals surface area contributed by atoms with Gasteiger partial charge in [0.2, 0.25) is 11.8 Å². The molecule has 0 aromatic heterocycles. The largest absolute Gasteiger partial charge is 0.479 e. The highest BCUT2D eigenvalue weighted by molar-refractivity contribution is 5.97. The van der Waals surface area contributed by atoms with Gasteiger partial charge in [-0.3, -0.25) is 14.5 Å². The predicted octanol–water partition coefficient (Wildman–Crippen LogP) is 3.49. The van der Waals surface area contributed by atoms with Crippen molar-refractivity contribution in [1.29, 1.82) is 0 Å². The van der Waals surface area contributed by atoms with E-state index in [4.69, 9.17) is 4.74 Å². The molecular weight excluding hydrogens is 578 g/mol. The summed E-state index contributed by atoms with van der Waals surface area (Å²) < 4.78 is 5.44. The minimum absolute atomic E-state index is 0.0358. The molecule has 5 atom stereocenters. The molecule has 1 aromatic carbocycles. The van der Waals surface area contributed by atoms with Gasteiger partial charge in [0.05, 0.1) is 6.04 Å². The number of carbonyl (C=O) groups is 5. The first-order chi connectivity index (χ1) is 21.4. The Balaban J connectivity index is 1.39. The summed E-state index contributed by atoms with van der Waals surface area (Å²) in [6.45, 7) is 5.78. The third-order valence-corrected chi connectivity index (χ3v) is 9.03. The van der Waals surface area contributed by atoms with Crippen molar-refractivity contribution in [2.24, 2.45) is 5.92 Å². The van der Waals surface area contributed by atoms with Gasteiger partial charge < -0.3 is 30.7 Å². The van der Waals surface area contributed by atoms with Gasteiger partial charge in [-0.2, -0.15) is 0 Å². The smallest absolute Gasteiger partial charge is 0.408 e. The predicted molar refractivity (Wildman–Crippen MR) is 167 cm³/mol. The summed E-state index contributed by atoms with van der Waals surface area (Å²) in [4.78, 5) is 69.7. The molecule has 0 unspecified atom stereocenters. The molecule has 3 heterocycles. The van der Waals surface area contributed by atoms with E-state index in [9.17, 15) is 29.1 Å². The number of aliphatic carboxylic acids is 1. The molecule has 4 aliphatic rings. The molecule has 3 aliphatic heterocycles. The van der Waals surface area contributed by atoms with Crippen molar-refractivity contribution in [1.82, 2.24) is 20.9 Å². The van der Waals surface area contributed by atoms with Crippen molar-refractivity contribution in [2.45, 2.75) is 108 Å². The van der Waals surface area contributed by atoms with Crippen molar-refractivity contribution in [3.05, 3.63) is 42.0 Å². The molecule has 2 fully saturated rings. The van der Waals surface area contributed by atoms with Crippen LogP contribution < -0.4 is 20.9 Å². The summed E-state index contributed by atoms with van der Waals surface area (Å²) in [5.41, 5.74) is -0.296. The van der Waals surface area contributed by atoms with Crippen molar-refractivity contribution in [2.75, 3.05) is 18.0 Å². The molecule has 1 saturated carbocycles. The van der Waals surface area contributed by atoms with E-state index in [2.05, 4.69) is 16.0 Å². The minimum atomic E-state index is -1.44. The maximum Gasteiger partial charge on any atom is 0.408 e. The summed E-state index contributed by atoms with van der Waals surface area (Å²) in [6.07, 6.45) is 8.52. The number of carboxylic acids is 1. The second-order valence-corrected chi connectivity index (χ2v) is 13.6. The van der Waals surface area contributed by atoms with Gasteiger partial charge in [-0.15, -0.1) is 0 Å². The van der Waals surface area contributed by atoms with Crippen molar-refractivity contribution in [3.63, 3.8) is 0 Å². The minimum Gasteiger partial charge on any atom is -0.479 e. The number of fused-ring (bicyclic) bond motifs is 3. The number of nitrogens with zero attached hydrogens (tertiary/aromatic N) is 2. The third kappa shape index (κ3) is 7.42. The molecule has 45 heavy (non-hydrogen) atoms. The Kier molecular flexibility index (Phi) is 9.41. The molecular formula is C33H45N5O7. The number of amides is 5. The zero-order valence-corrected chi connectivity index (χ0v) is 26.3. The van der Waals surface area contributed by atoms with Gasteiger partial charge in [-0.05, 0) is 77.3 Å². The maximum atomic E-state index is 14.1. The molecule has 1 aromatic rings. The first kappa shape index (κ1) is 32.3.